The van der Waals surface area contributed by atoms with Crippen LogP contribution >= 0.6 is 0 Å². The first kappa shape index (κ1) is 26.8. The highest BCUT2D eigenvalue weighted by Gasteiger charge is 2.46. The molecule has 7 heteroatoms. The van der Waals surface area contributed by atoms with Gasteiger partial charge in [0, 0.05) is 12.1 Å². The summed E-state index contributed by atoms with van der Waals surface area (Å²) in [4.78, 5) is 27.8. The van der Waals surface area contributed by atoms with Crippen LogP contribution in [-0.2, 0) is 16.2 Å². The van der Waals surface area contributed by atoms with E-state index in [4.69, 9.17) is 14.2 Å². The van der Waals surface area contributed by atoms with Crippen molar-refractivity contribution in [3.63, 3.8) is 0 Å². The van der Waals surface area contributed by atoms with Crippen LogP contribution in [0.5, 0.6) is 17.2 Å². The number of rotatable bonds is 11. The number of hydrogen-bond acceptors (Lipinski definition) is 6. The molecule has 198 valence electrons. The van der Waals surface area contributed by atoms with Gasteiger partial charge in [-0.2, -0.15) is 0 Å². The lowest BCUT2D eigenvalue weighted by Gasteiger charge is -2.25. The Hall–Kier alpha value is -4.26. The third-order valence-electron chi connectivity index (χ3n) is 6.33. The summed E-state index contributed by atoms with van der Waals surface area (Å²) >= 11 is 0. The van der Waals surface area contributed by atoms with Gasteiger partial charge in [-0.1, -0.05) is 62.4 Å². The third kappa shape index (κ3) is 5.67. The van der Waals surface area contributed by atoms with Gasteiger partial charge < -0.3 is 24.2 Å². The molecule has 1 N–H and O–H groups in total. The molecule has 3 aromatic carbocycles. The number of ketones is 1. The SMILES string of the molecule is CCCOc1cccc(/C(O)=C2/C(=O)C(=O)N(CCC)C2c2ccc(OCc3ccccc3)c(OC)c2)c1. The van der Waals surface area contributed by atoms with E-state index in [1.165, 1.54) is 4.90 Å². The van der Waals surface area contributed by atoms with E-state index < -0.39 is 17.7 Å². The van der Waals surface area contributed by atoms with Crippen molar-refractivity contribution in [1.82, 2.24) is 4.90 Å². The maximum Gasteiger partial charge on any atom is 0.295 e. The number of amides is 1. The molecule has 4 rings (SSSR count). The number of methoxy groups -OCH3 is 1. The molecule has 0 aliphatic carbocycles. The molecule has 0 aromatic heterocycles. The number of Topliss-reactive ketones (excluding diaryl/α,β-unsaturated/α-hetero) is 1. The van der Waals surface area contributed by atoms with Gasteiger partial charge in [-0.15, -0.1) is 0 Å². The molecule has 1 aliphatic rings. The summed E-state index contributed by atoms with van der Waals surface area (Å²) in [5.74, 6) is -0.0118. The molecule has 0 spiro atoms. The molecule has 7 nitrogen and oxygen atoms in total. The molecular formula is C31H33NO6. The number of carbonyl (C=O) groups is 2. The molecule has 0 radical (unpaired) electrons. The number of hydrogen-bond donors (Lipinski definition) is 1. The first-order valence-electron chi connectivity index (χ1n) is 12.8. The van der Waals surface area contributed by atoms with E-state index in [9.17, 15) is 14.7 Å². The van der Waals surface area contributed by atoms with Crippen LogP contribution in [-0.4, -0.2) is 42.0 Å². The molecule has 0 bridgehead atoms. The fraction of sp³-hybridized carbons (Fsp3) is 0.290. The van der Waals surface area contributed by atoms with Gasteiger partial charge in [-0.3, -0.25) is 9.59 Å². The number of likely N-dealkylation sites (tertiary alicyclic amines) is 1. The van der Waals surface area contributed by atoms with Gasteiger partial charge >= 0.3 is 0 Å². The molecule has 1 atom stereocenters. The Morgan fingerprint density at radius 3 is 2.39 bits per heavy atom. The normalized spacial score (nSPS) is 16.5. The quantitative estimate of drug-likeness (QED) is 0.195. The largest absolute Gasteiger partial charge is 0.507 e. The first-order valence-corrected chi connectivity index (χ1v) is 12.8. The van der Waals surface area contributed by atoms with Gasteiger partial charge in [0.15, 0.2) is 11.5 Å². The summed E-state index contributed by atoms with van der Waals surface area (Å²) in [6.45, 7) is 5.20. The van der Waals surface area contributed by atoms with E-state index in [1.807, 2.05) is 44.2 Å². The summed E-state index contributed by atoms with van der Waals surface area (Å²) in [6, 6.07) is 21.2. The predicted molar refractivity (Wildman–Crippen MR) is 145 cm³/mol. The monoisotopic (exact) mass is 515 g/mol. The maximum atomic E-state index is 13.2. The van der Waals surface area contributed by atoms with Gasteiger partial charge in [-0.25, -0.2) is 0 Å². The van der Waals surface area contributed by atoms with Crippen molar-refractivity contribution >= 4 is 17.4 Å². The summed E-state index contributed by atoms with van der Waals surface area (Å²) in [6.07, 6.45) is 1.49. The number of aliphatic hydroxyl groups excluding tert-OH is 1. The number of aliphatic hydroxyl groups is 1. The zero-order chi connectivity index (χ0) is 27.1. The van der Waals surface area contributed by atoms with Crippen molar-refractivity contribution in [3.05, 3.63) is 95.1 Å². The Morgan fingerprint density at radius 1 is 0.895 bits per heavy atom. The van der Waals surface area contributed by atoms with E-state index in [-0.39, 0.29) is 11.3 Å². The summed E-state index contributed by atoms with van der Waals surface area (Å²) < 4.78 is 17.3. The Kier molecular flexibility index (Phi) is 8.69. The minimum atomic E-state index is -0.771. The molecular weight excluding hydrogens is 482 g/mol. The van der Waals surface area contributed by atoms with Crippen molar-refractivity contribution < 1.29 is 28.9 Å². The molecule has 1 aliphatic heterocycles. The lowest BCUT2D eigenvalue weighted by Crippen LogP contribution is -2.30. The molecule has 1 unspecified atom stereocenters. The van der Waals surface area contributed by atoms with Crippen LogP contribution < -0.4 is 14.2 Å². The second-order valence-corrected chi connectivity index (χ2v) is 9.05. The second kappa shape index (κ2) is 12.3. The van der Waals surface area contributed by atoms with Crippen molar-refractivity contribution in [2.24, 2.45) is 0 Å². The number of benzene rings is 3. The summed E-state index contributed by atoms with van der Waals surface area (Å²) in [5, 5.41) is 11.3. The minimum absolute atomic E-state index is 0.0381. The van der Waals surface area contributed by atoms with Gasteiger partial charge in [0.2, 0.25) is 0 Å². The number of ether oxygens (including phenoxy) is 3. The van der Waals surface area contributed by atoms with Crippen LogP contribution in [0.2, 0.25) is 0 Å². The lowest BCUT2D eigenvalue weighted by atomic mass is 9.95. The predicted octanol–water partition coefficient (Wildman–Crippen LogP) is 5.89. The topological polar surface area (TPSA) is 85.3 Å². The van der Waals surface area contributed by atoms with Crippen molar-refractivity contribution in [2.45, 2.75) is 39.3 Å². The Bertz CT molecular complexity index is 1320. The van der Waals surface area contributed by atoms with Crippen LogP contribution in [0, 0.1) is 0 Å². The standard InChI is InChI=1S/C31H33NO6/c1-4-16-32-28(22-14-15-25(26(19-22)36-3)38-20-21-10-7-6-8-11-21)27(30(34)31(32)35)29(33)23-12-9-13-24(18-23)37-17-5-2/h6-15,18-19,28,33H,4-5,16-17,20H2,1-3H3/b29-27-. The number of nitrogens with zero attached hydrogens (tertiary/aromatic N) is 1. The molecule has 1 fully saturated rings. The van der Waals surface area contributed by atoms with Crippen molar-refractivity contribution in [3.8, 4) is 17.2 Å². The van der Waals surface area contributed by atoms with Gasteiger partial charge in [0.25, 0.3) is 11.7 Å². The zero-order valence-electron chi connectivity index (χ0n) is 22.0. The van der Waals surface area contributed by atoms with Crippen molar-refractivity contribution in [2.75, 3.05) is 20.3 Å². The molecule has 1 heterocycles. The van der Waals surface area contributed by atoms with E-state index in [2.05, 4.69) is 0 Å². The van der Waals surface area contributed by atoms with Gasteiger partial charge in [-0.05, 0) is 48.2 Å². The highest BCUT2D eigenvalue weighted by Crippen LogP contribution is 2.42. The van der Waals surface area contributed by atoms with Crippen LogP contribution in [0.15, 0.2) is 78.4 Å². The van der Waals surface area contributed by atoms with E-state index in [1.54, 1.807) is 49.6 Å². The zero-order valence-corrected chi connectivity index (χ0v) is 22.0. The smallest absolute Gasteiger partial charge is 0.295 e. The van der Waals surface area contributed by atoms with E-state index in [0.29, 0.717) is 54.6 Å². The maximum absolute atomic E-state index is 13.2. The Balaban J connectivity index is 1.73. The Labute approximate surface area is 223 Å². The van der Waals surface area contributed by atoms with Crippen LogP contribution in [0.25, 0.3) is 5.76 Å². The van der Waals surface area contributed by atoms with Gasteiger partial charge in [0.05, 0.1) is 25.3 Å². The average molecular weight is 516 g/mol. The molecule has 0 saturated carbocycles. The fourth-order valence-corrected chi connectivity index (χ4v) is 4.52. The highest BCUT2D eigenvalue weighted by atomic mass is 16.5. The second-order valence-electron chi connectivity index (χ2n) is 9.05. The van der Waals surface area contributed by atoms with E-state index in [0.717, 1.165) is 12.0 Å². The number of carbonyl (C=O) groups excluding carboxylic acids is 2. The van der Waals surface area contributed by atoms with Gasteiger partial charge in [0.1, 0.15) is 18.1 Å². The molecule has 1 saturated heterocycles. The first-order chi connectivity index (χ1) is 18.5. The minimum Gasteiger partial charge on any atom is -0.507 e. The molecule has 38 heavy (non-hydrogen) atoms. The summed E-state index contributed by atoms with van der Waals surface area (Å²) in [7, 11) is 1.54. The van der Waals surface area contributed by atoms with Crippen LogP contribution in [0.4, 0.5) is 0 Å². The Morgan fingerprint density at radius 2 is 1.68 bits per heavy atom. The summed E-state index contributed by atoms with van der Waals surface area (Å²) in [5.41, 5.74) is 2.10. The molecule has 3 aromatic rings. The lowest BCUT2D eigenvalue weighted by molar-refractivity contribution is -0.139. The van der Waals surface area contributed by atoms with Crippen molar-refractivity contribution in [1.29, 1.82) is 0 Å². The van der Waals surface area contributed by atoms with E-state index >= 15 is 0 Å². The highest BCUT2D eigenvalue weighted by molar-refractivity contribution is 6.46. The van der Waals surface area contributed by atoms with Crippen LogP contribution in [0.1, 0.15) is 49.4 Å². The average Bonchev–Trinajstić information content (AvgIpc) is 3.20. The molecule has 1 amide bonds. The third-order valence-corrected chi connectivity index (χ3v) is 6.33. The van der Waals surface area contributed by atoms with Crippen LogP contribution in [0.3, 0.4) is 0 Å². The fourth-order valence-electron chi connectivity index (χ4n) is 4.52.